The number of fused-ring (bicyclic) bond motifs is 1. The molecule has 4 rings (SSSR count). The molecule has 1 unspecified atom stereocenters. The molecule has 0 spiro atoms. The fourth-order valence-electron chi connectivity index (χ4n) is 3.76. The molecule has 1 aliphatic heterocycles. The van der Waals surface area contributed by atoms with E-state index in [0.717, 1.165) is 9.87 Å². The second kappa shape index (κ2) is 9.85. The van der Waals surface area contributed by atoms with Crippen LogP contribution in [0.4, 0.5) is 5.69 Å². The van der Waals surface area contributed by atoms with Gasteiger partial charge >= 0.3 is 5.97 Å². The van der Waals surface area contributed by atoms with Crippen molar-refractivity contribution in [2.45, 2.75) is 17.9 Å². The van der Waals surface area contributed by atoms with Crippen LogP contribution in [0.3, 0.4) is 0 Å². The summed E-state index contributed by atoms with van der Waals surface area (Å²) in [6, 6.07) is 15.9. The van der Waals surface area contributed by atoms with Crippen LogP contribution < -0.4 is 18.5 Å². The van der Waals surface area contributed by atoms with Crippen molar-refractivity contribution in [2.24, 2.45) is 0 Å². The lowest BCUT2D eigenvalue weighted by Crippen LogP contribution is -2.37. The second-order valence-electron chi connectivity index (χ2n) is 7.82. The molecule has 0 fully saturated rings. The van der Waals surface area contributed by atoms with Gasteiger partial charge in [-0.15, -0.1) is 0 Å². The van der Waals surface area contributed by atoms with E-state index in [1.165, 1.54) is 26.4 Å². The van der Waals surface area contributed by atoms with Gasteiger partial charge < -0.3 is 24.1 Å². The van der Waals surface area contributed by atoms with Gasteiger partial charge in [-0.25, -0.2) is 8.42 Å². The van der Waals surface area contributed by atoms with Gasteiger partial charge in [-0.3, -0.25) is 9.10 Å². The van der Waals surface area contributed by atoms with E-state index in [1.54, 1.807) is 48.5 Å². The maximum Gasteiger partial charge on any atom is 0.326 e. The number of carbonyl (C=O) groups excluding carboxylic acids is 1. The lowest BCUT2D eigenvalue weighted by molar-refractivity contribution is -0.138. The molecule has 1 aliphatic rings. The van der Waals surface area contributed by atoms with Crippen molar-refractivity contribution in [1.82, 2.24) is 0 Å². The lowest BCUT2D eigenvalue weighted by Gasteiger charge is -2.26. The predicted octanol–water partition coefficient (Wildman–Crippen LogP) is 3.18. The Morgan fingerprint density at radius 2 is 1.80 bits per heavy atom. The average molecular weight is 500 g/mol. The van der Waals surface area contributed by atoms with Gasteiger partial charge in [-0.05, 0) is 42.8 Å². The molecule has 0 aliphatic carbocycles. The number of carbonyl (C=O) groups is 1. The molecule has 3 aromatic rings. The molecule has 0 radical (unpaired) electrons. The predicted molar refractivity (Wildman–Crippen MR) is 127 cm³/mol. The molecule has 9 nitrogen and oxygen atoms in total. The molecule has 0 bridgehead atoms. The van der Waals surface area contributed by atoms with Crippen molar-refractivity contribution in [3.05, 3.63) is 77.4 Å². The highest BCUT2D eigenvalue weighted by atomic mass is 32.2. The molecular weight excluding hydrogens is 474 g/mol. The molecule has 10 heteroatoms. The Balaban J connectivity index is 1.80. The number of esters is 1. The van der Waals surface area contributed by atoms with E-state index in [-0.39, 0.29) is 22.9 Å². The van der Waals surface area contributed by atoms with Crippen molar-refractivity contribution >= 4 is 21.7 Å². The van der Waals surface area contributed by atoms with Crippen LogP contribution in [0.2, 0.25) is 0 Å². The summed E-state index contributed by atoms with van der Waals surface area (Å²) in [5.41, 5.74) is 1.69. The van der Waals surface area contributed by atoms with Crippen molar-refractivity contribution in [3.63, 3.8) is 0 Å². The molecule has 3 aromatic carbocycles. The molecule has 1 N–H and O–H groups in total. The van der Waals surface area contributed by atoms with Crippen LogP contribution >= 0.6 is 0 Å². The minimum absolute atomic E-state index is 0.00917. The van der Waals surface area contributed by atoms with Gasteiger partial charge in [0, 0.05) is 5.56 Å². The maximum absolute atomic E-state index is 13.9. The molecule has 35 heavy (non-hydrogen) atoms. The first-order chi connectivity index (χ1) is 16.8. The Kier molecular flexibility index (Phi) is 6.86. The third kappa shape index (κ3) is 4.75. The minimum atomic E-state index is -4.30. The standard InChI is InChI=1S/C25H25NO8S/c1-16-8-10-18(11-9-16)26(14-23(27)32-3)35(29,30)22-7-5-4-6-19(22)24(28)17-12-20(31-2)25-21(13-17)33-15-34-25/h4-13,24,28H,14-15H2,1-3H3. The third-order valence-corrected chi connectivity index (χ3v) is 7.45. The third-order valence-electron chi connectivity index (χ3n) is 5.60. The Morgan fingerprint density at radius 1 is 1.09 bits per heavy atom. The lowest BCUT2D eigenvalue weighted by atomic mass is 10.0. The fraction of sp³-hybridized carbons (Fsp3) is 0.240. The van der Waals surface area contributed by atoms with Crippen LogP contribution in [-0.4, -0.2) is 47.1 Å². The largest absolute Gasteiger partial charge is 0.493 e. The normalized spacial score (nSPS) is 13.3. The van der Waals surface area contributed by atoms with Gasteiger partial charge in [0.1, 0.15) is 12.6 Å². The molecule has 0 amide bonds. The Morgan fingerprint density at radius 3 is 2.49 bits per heavy atom. The number of rotatable bonds is 8. The highest BCUT2D eigenvalue weighted by molar-refractivity contribution is 7.93. The number of methoxy groups -OCH3 is 2. The van der Waals surface area contributed by atoms with Gasteiger partial charge in [0.05, 0.1) is 24.8 Å². The van der Waals surface area contributed by atoms with Crippen molar-refractivity contribution < 1.29 is 37.3 Å². The topological polar surface area (TPSA) is 112 Å². The van der Waals surface area contributed by atoms with Crippen molar-refractivity contribution in [2.75, 3.05) is 31.9 Å². The number of aliphatic hydroxyl groups is 1. The molecule has 1 heterocycles. The number of sulfonamides is 1. The zero-order valence-electron chi connectivity index (χ0n) is 19.4. The van der Waals surface area contributed by atoms with E-state index in [2.05, 4.69) is 0 Å². The Labute approximate surface area is 203 Å². The first kappa shape index (κ1) is 24.4. The van der Waals surface area contributed by atoms with Gasteiger partial charge in [0.2, 0.25) is 12.5 Å². The molecule has 0 saturated carbocycles. The zero-order chi connectivity index (χ0) is 25.2. The smallest absolute Gasteiger partial charge is 0.326 e. The molecular formula is C25H25NO8S. The number of aryl methyl sites for hydroxylation is 1. The Hall–Kier alpha value is -3.76. The van der Waals surface area contributed by atoms with Gasteiger partial charge in [-0.2, -0.15) is 0 Å². The van der Waals surface area contributed by atoms with Crippen LogP contribution in [0.1, 0.15) is 22.8 Å². The number of benzene rings is 3. The SMILES string of the molecule is COC(=O)CN(c1ccc(C)cc1)S(=O)(=O)c1ccccc1C(O)c1cc(OC)c2c(c1)OCO2. The van der Waals surface area contributed by atoms with Crippen LogP contribution in [-0.2, 0) is 19.6 Å². The summed E-state index contributed by atoms with van der Waals surface area (Å²) in [5, 5.41) is 11.3. The van der Waals surface area contributed by atoms with Gasteiger partial charge in [-0.1, -0.05) is 35.9 Å². The van der Waals surface area contributed by atoms with E-state index in [0.29, 0.717) is 22.8 Å². The molecule has 0 aromatic heterocycles. The summed E-state index contributed by atoms with van der Waals surface area (Å²) in [4.78, 5) is 12.0. The maximum atomic E-state index is 13.9. The van der Waals surface area contributed by atoms with Crippen LogP contribution in [0.25, 0.3) is 0 Å². The van der Waals surface area contributed by atoms with E-state index in [1.807, 2.05) is 6.92 Å². The van der Waals surface area contributed by atoms with E-state index < -0.39 is 28.6 Å². The number of ether oxygens (including phenoxy) is 4. The minimum Gasteiger partial charge on any atom is -0.493 e. The average Bonchev–Trinajstić information content (AvgIpc) is 3.35. The zero-order valence-corrected chi connectivity index (χ0v) is 20.2. The van der Waals surface area contributed by atoms with Gasteiger partial charge in [0.25, 0.3) is 10.0 Å². The monoisotopic (exact) mass is 499 g/mol. The number of hydrogen-bond donors (Lipinski definition) is 1. The Bertz CT molecular complexity index is 1340. The fourth-order valence-corrected chi connectivity index (χ4v) is 5.40. The molecule has 184 valence electrons. The number of hydrogen-bond acceptors (Lipinski definition) is 8. The second-order valence-corrected chi connectivity index (χ2v) is 9.65. The number of nitrogens with zero attached hydrogens (tertiary/aromatic N) is 1. The highest BCUT2D eigenvalue weighted by Crippen LogP contribution is 2.44. The summed E-state index contributed by atoms with van der Waals surface area (Å²) in [7, 11) is -1.65. The van der Waals surface area contributed by atoms with Crippen LogP contribution in [0.15, 0.2) is 65.6 Å². The van der Waals surface area contributed by atoms with Crippen molar-refractivity contribution in [1.29, 1.82) is 0 Å². The van der Waals surface area contributed by atoms with E-state index in [9.17, 15) is 18.3 Å². The summed E-state index contributed by atoms with van der Waals surface area (Å²) >= 11 is 0. The molecule has 0 saturated heterocycles. The summed E-state index contributed by atoms with van der Waals surface area (Å²) < 4.78 is 49.6. The number of aliphatic hydroxyl groups excluding tert-OH is 1. The highest BCUT2D eigenvalue weighted by Gasteiger charge is 2.32. The molecule has 1 atom stereocenters. The van der Waals surface area contributed by atoms with Crippen LogP contribution in [0.5, 0.6) is 17.2 Å². The van der Waals surface area contributed by atoms with Crippen LogP contribution in [0, 0.1) is 6.92 Å². The first-order valence-electron chi connectivity index (χ1n) is 10.7. The first-order valence-corrected chi connectivity index (χ1v) is 12.1. The van der Waals surface area contributed by atoms with E-state index >= 15 is 0 Å². The number of anilines is 1. The van der Waals surface area contributed by atoms with Crippen molar-refractivity contribution in [3.8, 4) is 17.2 Å². The summed E-state index contributed by atoms with van der Waals surface area (Å²) in [6.45, 7) is 1.34. The van der Waals surface area contributed by atoms with Gasteiger partial charge in [0.15, 0.2) is 11.5 Å². The summed E-state index contributed by atoms with van der Waals surface area (Å²) in [6.07, 6.45) is -1.35. The van der Waals surface area contributed by atoms with E-state index in [4.69, 9.17) is 18.9 Å². The summed E-state index contributed by atoms with van der Waals surface area (Å²) in [5.74, 6) is 0.410. The quantitative estimate of drug-likeness (QED) is 0.471.